The van der Waals surface area contributed by atoms with E-state index in [9.17, 15) is 4.79 Å². The molecule has 0 bridgehead atoms. The molecule has 2 unspecified atom stereocenters. The highest BCUT2D eigenvalue weighted by Crippen LogP contribution is 2.33. The Morgan fingerprint density at radius 1 is 1.48 bits per heavy atom. The van der Waals surface area contributed by atoms with Crippen LogP contribution in [0.3, 0.4) is 0 Å². The van der Waals surface area contributed by atoms with E-state index in [1.54, 1.807) is 0 Å². The van der Waals surface area contributed by atoms with Crippen molar-refractivity contribution >= 4 is 22.0 Å². The monoisotopic (exact) mass is 382 g/mol. The zero-order valence-corrected chi connectivity index (χ0v) is 16.0. The Kier molecular flexibility index (Phi) is 6.09. The van der Waals surface area contributed by atoms with Crippen LogP contribution in [-0.2, 0) is 4.74 Å². The summed E-state index contributed by atoms with van der Waals surface area (Å²) in [6.45, 7) is 8.15. The molecule has 0 aromatic heterocycles. The van der Waals surface area contributed by atoms with Gasteiger partial charge in [0.1, 0.15) is 5.60 Å². The van der Waals surface area contributed by atoms with Gasteiger partial charge in [0.05, 0.1) is 0 Å². The molecule has 0 saturated carbocycles. The van der Waals surface area contributed by atoms with Crippen LogP contribution in [0.15, 0.2) is 28.7 Å². The van der Waals surface area contributed by atoms with Gasteiger partial charge < -0.3 is 15.0 Å². The van der Waals surface area contributed by atoms with Crippen molar-refractivity contribution in [1.29, 1.82) is 0 Å². The fourth-order valence-corrected chi connectivity index (χ4v) is 3.54. The fraction of sp³-hybridized carbons (Fsp3) is 0.611. The minimum absolute atomic E-state index is 0.197. The molecule has 1 N–H and O–H groups in total. The number of amides is 1. The minimum atomic E-state index is -0.441. The third kappa shape index (κ3) is 5.21. The first-order valence-corrected chi connectivity index (χ1v) is 8.97. The number of likely N-dealkylation sites (N-methyl/N-ethyl adjacent to an activating group) is 1. The zero-order chi connectivity index (χ0) is 17.0. The first-order valence-electron chi connectivity index (χ1n) is 8.18. The van der Waals surface area contributed by atoms with E-state index in [-0.39, 0.29) is 6.09 Å². The molecule has 1 aromatic rings. The molecule has 1 aliphatic rings. The van der Waals surface area contributed by atoms with Crippen molar-refractivity contribution in [3.63, 3.8) is 0 Å². The van der Waals surface area contributed by atoms with Crippen LogP contribution in [0.2, 0.25) is 0 Å². The van der Waals surface area contributed by atoms with Crippen molar-refractivity contribution in [2.45, 2.75) is 38.7 Å². The molecule has 23 heavy (non-hydrogen) atoms. The molecule has 1 amide bonds. The van der Waals surface area contributed by atoms with E-state index in [1.807, 2.05) is 38.8 Å². The van der Waals surface area contributed by atoms with E-state index in [4.69, 9.17) is 4.74 Å². The summed E-state index contributed by atoms with van der Waals surface area (Å²) in [7, 11) is 1.98. The maximum absolute atomic E-state index is 12.3. The molecular formula is C18H27BrN2O2. The summed E-state index contributed by atoms with van der Waals surface area (Å²) in [5, 5.41) is 3.29. The van der Waals surface area contributed by atoms with Crippen LogP contribution >= 0.6 is 15.9 Å². The number of nitrogens with one attached hydrogen (secondary N) is 1. The highest BCUT2D eigenvalue weighted by molar-refractivity contribution is 9.10. The normalized spacial score (nSPS) is 19.7. The molecule has 1 heterocycles. The van der Waals surface area contributed by atoms with Crippen molar-refractivity contribution in [3.05, 3.63) is 34.3 Å². The van der Waals surface area contributed by atoms with E-state index in [2.05, 4.69) is 39.4 Å². The standard InChI is InChI=1S/C18H27BrN2O2/c1-18(2,3)23-17(22)21-9-8-14(12-21)16(11-20-4)13-6-5-7-15(19)10-13/h5-7,10,14,16,20H,8-9,11-12H2,1-4H3. The molecule has 2 atom stereocenters. The Bertz CT molecular complexity index is 542. The van der Waals surface area contributed by atoms with Crippen LogP contribution in [-0.4, -0.2) is 43.3 Å². The molecular weight excluding hydrogens is 356 g/mol. The molecule has 2 rings (SSSR count). The fourth-order valence-electron chi connectivity index (χ4n) is 3.12. The lowest BCUT2D eigenvalue weighted by molar-refractivity contribution is 0.0286. The Morgan fingerprint density at radius 2 is 2.22 bits per heavy atom. The molecule has 0 aliphatic carbocycles. The summed E-state index contributed by atoms with van der Waals surface area (Å²) < 4.78 is 6.59. The van der Waals surface area contributed by atoms with Gasteiger partial charge in [-0.05, 0) is 57.9 Å². The quantitative estimate of drug-likeness (QED) is 0.854. The summed E-state index contributed by atoms with van der Waals surface area (Å²) in [6, 6.07) is 8.46. The second kappa shape index (κ2) is 7.67. The molecule has 1 aliphatic heterocycles. The zero-order valence-electron chi connectivity index (χ0n) is 14.4. The van der Waals surface area contributed by atoms with E-state index < -0.39 is 5.60 Å². The van der Waals surface area contributed by atoms with E-state index in [0.29, 0.717) is 11.8 Å². The highest BCUT2D eigenvalue weighted by atomic mass is 79.9. The Labute approximate surface area is 147 Å². The summed E-state index contributed by atoms with van der Waals surface area (Å²) >= 11 is 3.55. The minimum Gasteiger partial charge on any atom is -0.444 e. The summed E-state index contributed by atoms with van der Waals surface area (Å²) in [6.07, 6.45) is 0.815. The Balaban J connectivity index is 2.06. The number of likely N-dealkylation sites (tertiary alicyclic amines) is 1. The number of ether oxygens (including phenoxy) is 1. The largest absolute Gasteiger partial charge is 0.444 e. The van der Waals surface area contributed by atoms with Crippen molar-refractivity contribution < 1.29 is 9.53 Å². The van der Waals surface area contributed by atoms with Crippen LogP contribution in [0.4, 0.5) is 4.79 Å². The number of hydrogen-bond acceptors (Lipinski definition) is 3. The average Bonchev–Trinajstić information content (AvgIpc) is 2.92. The van der Waals surface area contributed by atoms with E-state index in [1.165, 1.54) is 5.56 Å². The van der Waals surface area contributed by atoms with Gasteiger partial charge in [-0.3, -0.25) is 0 Å². The van der Waals surface area contributed by atoms with Crippen LogP contribution in [0, 0.1) is 5.92 Å². The smallest absolute Gasteiger partial charge is 0.410 e. The molecule has 1 aromatic carbocycles. The third-order valence-electron chi connectivity index (χ3n) is 4.15. The predicted molar refractivity (Wildman–Crippen MR) is 96.7 cm³/mol. The average molecular weight is 383 g/mol. The molecule has 1 fully saturated rings. The molecule has 0 spiro atoms. The van der Waals surface area contributed by atoms with Gasteiger partial charge in [-0.1, -0.05) is 28.1 Å². The second-order valence-electron chi connectivity index (χ2n) is 7.19. The number of halogens is 1. The third-order valence-corrected chi connectivity index (χ3v) is 4.64. The van der Waals surface area contributed by atoms with Crippen LogP contribution in [0.1, 0.15) is 38.7 Å². The lowest BCUT2D eigenvalue weighted by atomic mass is 9.85. The molecule has 128 valence electrons. The number of hydrogen-bond donors (Lipinski definition) is 1. The molecule has 4 nitrogen and oxygen atoms in total. The van der Waals surface area contributed by atoms with Gasteiger partial charge in [-0.15, -0.1) is 0 Å². The molecule has 0 radical (unpaired) electrons. The van der Waals surface area contributed by atoms with Gasteiger partial charge in [-0.2, -0.15) is 0 Å². The SMILES string of the molecule is CNCC(c1cccc(Br)c1)C1CCN(C(=O)OC(C)(C)C)C1. The molecule has 5 heteroatoms. The summed E-state index contributed by atoms with van der Waals surface area (Å²) in [5.74, 6) is 0.842. The molecule has 1 saturated heterocycles. The van der Waals surface area contributed by atoms with Crippen molar-refractivity contribution in [2.75, 3.05) is 26.7 Å². The number of rotatable bonds is 4. The first kappa shape index (κ1) is 18.3. The van der Waals surface area contributed by atoms with Crippen LogP contribution in [0.5, 0.6) is 0 Å². The number of carbonyl (C=O) groups excluding carboxylic acids is 1. The topological polar surface area (TPSA) is 41.6 Å². The van der Waals surface area contributed by atoms with Gasteiger partial charge in [0.25, 0.3) is 0 Å². The van der Waals surface area contributed by atoms with Crippen molar-refractivity contribution in [1.82, 2.24) is 10.2 Å². The summed E-state index contributed by atoms with van der Waals surface area (Å²) in [4.78, 5) is 14.1. The Morgan fingerprint density at radius 3 is 2.83 bits per heavy atom. The van der Waals surface area contributed by atoms with E-state index >= 15 is 0 Å². The predicted octanol–water partition coefficient (Wildman–Crippen LogP) is 4.01. The summed E-state index contributed by atoms with van der Waals surface area (Å²) in [5.41, 5.74) is 0.869. The lowest BCUT2D eigenvalue weighted by Gasteiger charge is -2.26. The maximum atomic E-state index is 12.3. The van der Waals surface area contributed by atoms with Gasteiger partial charge in [-0.25, -0.2) is 4.79 Å². The Hall–Kier alpha value is -1.07. The van der Waals surface area contributed by atoms with Crippen LogP contribution < -0.4 is 5.32 Å². The van der Waals surface area contributed by atoms with Crippen molar-refractivity contribution in [3.8, 4) is 0 Å². The van der Waals surface area contributed by atoms with Crippen molar-refractivity contribution in [2.24, 2.45) is 5.92 Å². The number of benzene rings is 1. The maximum Gasteiger partial charge on any atom is 0.410 e. The van der Waals surface area contributed by atoms with Crippen LogP contribution in [0.25, 0.3) is 0 Å². The highest BCUT2D eigenvalue weighted by Gasteiger charge is 2.34. The number of nitrogens with zero attached hydrogens (tertiary/aromatic N) is 1. The van der Waals surface area contributed by atoms with Gasteiger partial charge in [0, 0.05) is 30.0 Å². The van der Waals surface area contributed by atoms with Gasteiger partial charge >= 0.3 is 6.09 Å². The second-order valence-corrected chi connectivity index (χ2v) is 8.11. The van der Waals surface area contributed by atoms with Gasteiger partial charge in [0.15, 0.2) is 0 Å². The van der Waals surface area contributed by atoms with Gasteiger partial charge in [0.2, 0.25) is 0 Å². The van der Waals surface area contributed by atoms with E-state index in [0.717, 1.165) is 30.5 Å². The lowest BCUT2D eigenvalue weighted by Crippen LogP contribution is -2.36. The number of carbonyl (C=O) groups is 1. The first-order chi connectivity index (χ1) is 10.8.